The summed E-state index contributed by atoms with van der Waals surface area (Å²) in [6.07, 6.45) is -0.516. The summed E-state index contributed by atoms with van der Waals surface area (Å²) in [6.45, 7) is 3.50. The standard InChI is InChI=1S/C22H23Cl2N3O4/c1-10-6-13-19(15(24)7-10)26-21(30)22(13)14(9-16(27-22)11(2)28)20(29)25-17-8-12(23)4-5-18(17)31-3/h4-8,11,14,16,27-28H,9H2,1-3H3,(H,25,29)(H,26,30)/t11-,14-,16+,22-/m0/s1. The number of halogens is 2. The lowest BCUT2D eigenvalue weighted by molar-refractivity contribution is -0.130. The molecular formula is C22H23Cl2N3O4. The van der Waals surface area contributed by atoms with Gasteiger partial charge in [0.25, 0.3) is 0 Å². The number of hydrogen-bond acceptors (Lipinski definition) is 5. The number of benzene rings is 2. The van der Waals surface area contributed by atoms with Gasteiger partial charge in [-0.2, -0.15) is 0 Å². The van der Waals surface area contributed by atoms with E-state index in [1.165, 1.54) is 7.11 Å². The van der Waals surface area contributed by atoms with Gasteiger partial charge < -0.3 is 20.5 Å². The summed E-state index contributed by atoms with van der Waals surface area (Å²) in [5.74, 6) is -1.14. The van der Waals surface area contributed by atoms with Gasteiger partial charge in [0.05, 0.1) is 35.5 Å². The molecule has 7 nitrogen and oxygen atoms in total. The van der Waals surface area contributed by atoms with Crippen LogP contribution in [0.15, 0.2) is 30.3 Å². The van der Waals surface area contributed by atoms with Gasteiger partial charge in [-0.15, -0.1) is 0 Å². The number of carbonyl (C=O) groups is 2. The summed E-state index contributed by atoms with van der Waals surface area (Å²) in [7, 11) is 1.49. The van der Waals surface area contributed by atoms with E-state index in [1.54, 1.807) is 31.2 Å². The third kappa shape index (κ3) is 3.55. The number of amides is 2. The van der Waals surface area contributed by atoms with Crippen molar-refractivity contribution in [1.82, 2.24) is 5.32 Å². The largest absolute Gasteiger partial charge is 0.495 e. The molecule has 2 aromatic rings. The fraction of sp³-hybridized carbons (Fsp3) is 0.364. The van der Waals surface area contributed by atoms with Crippen LogP contribution in [0.4, 0.5) is 11.4 Å². The third-order valence-corrected chi connectivity index (χ3v) is 6.53. The van der Waals surface area contributed by atoms with E-state index in [4.69, 9.17) is 27.9 Å². The first-order valence-corrected chi connectivity index (χ1v) is 10.6. The molecule has 0 aliphatic carbocycles. The molecule has 1 saturated heterocycles. The van der Waals surface area contributed by atoms with E-state index in [2.05, 4.69) is 16.0 Å². The molecule has 0 saturated carbocycles. The summed E-state index contributed by atoms with van der Waals surface area (Å²) in [5.41, 5.74) is 0.981. The molecule has 4 rings (SSSR count). The Morgan fingerprint density at radius 3 is 2.74 bits per heavy atom. The zero-order chi connectivity index (χ0) is 22.5. The molecular weight excluding hydrogens is 441 g/mol. The second-order valence-electron chi connectivity index (χ2n) is 8.05. The summed E-state index contributed by atoms with van der Waals surface area (Å²) in [5, 5.41) is 20.0. The zero-order valence-corrected chi connectivity index (χ0v) is 18.8. The van der Waals surface area contributed by atoms with Crippen molar-refractivity contribution in [2.75, 3.05) is 17.7 Å². The molecule has 1 fully saturated rings. The van der Waals surface area contributed by atoms with Crippen LogP contribution in [0, 0.1) is 12.8 Å². The van der Waals surface area contributed by atoms with Crippen LogP contribution >= 0.6 is 23.2 Å². The van der Waals surface area contributed by atoms with Crippen molar-refractivity contribution in [2.24, 2.45) is 5.92 Å². The molecule has 2 amide bonds. The van der Waals surface area contributed by atoms with Crippen molar-refractivity contribution in [3.8, 4) is 5.75 Å². The highest BCUT2D eigenvalue weighted by Crippen LogP contribution is 2.50. The van der Waals surface area contributed by atoms with E-state index in [0.717, 1.165) is 5.56 Å². The molecule has 1 spiro atoms. The number of methoxy groups -OCH3 is 1. The maximum atomic E-state index is 13.5. The number of aliphatic hydroxyl groups is 1. The Hall–Kier alpha value is -2.32. The second-order valence-corrected chi connectivity index (χ2v) is 8.89. The van der Waals surface area contributed by atoms with Crippen LogP contribution in [0.1, 0.15) is 24.5 Å². The molecule has 31 heavy (non-hydrogen) atoms. The smallest absolute Gasteiger partial charge is 0.250 e. The topological polar surface area (TPSA) is 99.7 Å². The first kappa shape index (κ1) is 21.9. The Balaban J connectivity index is 1.79. The maximum absolute atomic E-state index is 13.5. The molecule has 164 valence electrons. The lowest BCUT2D eigenvalue weighted by Gasteiger charge is -2.30. The number of hydrogen-bond donors (Lipinski definition) is 4. The van der Waals surface area contributed by atoms with Crippen LogP contribution in [0.25, 0.3) is 0 Å². The number of aryl methyl sites for hydroxylation is 1. The van der Waals surface area contributed by atoms with Crippen LogP contribution < -0.4 is 20.7 Å². The predicted octanol–water partition coefficient (Wildman–Crippen LogP) is 3.46. The molecule has 0 radical (unpaired) electrons. The fourth-order valence-corrected chi connectivity index (χ4v) is 5.00. The molecule has 2 aliphatic heterocycles. The van der Waals surface area contributed by atoms with Crippen LogP contribution in [0.2, 0.25) is 10.0 Å². The summed E-state index contributed by atoms with van der Waals surface area (Å²) >= 11 is 12.5. The number of carbonyl (C=O) groups excluding carboxylic acids is 2. The molecule has 0 aromatic heterocycles. The number of ether oxygens (including phenoxy) is 1. The summed E-state index contributed by atoms with van der Waals surface area (Å²) < 4.78 is 5.32. The van der Waals surface area contributed by atoms with Gasteiger partial charge >= 0.3 is 0 Å². The molecule has 4 N–H and O–H groups in total. The number of anilines is 2. The number of aliphatic hydroxyl groups excluding tert-OH is 1. The number of nitrogens with one attached hydrogen (secondary N) is 3. The van der Waals surface area contributed by atoms with Gasteiger partial charge in [-0.1, -0.05) is 29.3 Å². The first-order chi connectivity index (χ1) is 14.7. The van der Waals surface area contributed by atoms with Crippen molar-refractivity contribution in [3.05, 3.63) is 51.5 Å². The van der Waals surface area contributed by atoms with E-state index in [9.17, 15) is 14.7 Å². The minimum atomic E-state index is -1.36. The lowest BCUT2D eigenvalue weighted by atomic mass is 9.79. The Bertz CT molecular complexity index is 1070. The third-order valence-electron chi connectivity index (χ3n) is 6.00. The molecule has 4 atom stereocenters. The van der Waals surface area contributed by atoms with Crippen molar-refractivity contribution < 1.29 is 19.4 Å². The van der Waals surface area contributed by atoms with Gasteiger partial charge in [-0.05, 0) is 50.1 Å². The molecule has 2 aliphatic rings. The quantitative estimate of drug-likeness (QED) is 0.556. The van der Waals surface area contributed by atoms with E-state index in [0.29, 0.717) is 32.7 Å². The van der Waals surface area contributed by atoms with Crippen molar-refractivity contribution in [3.63, 3.8) is 0 Å². The molecule has 2 heterocycles. The average Bonchev–Trinajstić information content (AvgIpc) is 3.23. The van der Waals surface area contributed by atoms with Crippen molar-refractivity contribution in [2.45, 2.75) is 38.0 Å². The van der Waals surface area contributed by atoms with E-state index in [-0.39, 0.29) is 12.3 Å². The normalized spacial score (nSPS) is 25.3. The minimum absolute atomic E-state index is 0.255. The van der Waals surface area contributed by atoms with Gasteiger partial charge in [0.15, 0.2) is 0 Å². The summed E-state index contributed by atoms with van der Waals surface area (Å²) in [4.78, 5) is 26.8. The van der Waals surface area contributed by atoms with E-state index >= 15 is 0 Å². The van der Waals surface area contributed by atoms with Gasteiger partial charge in [-0.3, -0.25) is 14.9 Å². The maximum Gasteiger partial charge on any atom is 0.250 e. The highest BCUT2D eigenvalue weighted by atomic mass is 35.5. The first-order valence-electron chi connectivity index (χ1n) is 9.89. The Kier molecular flexibility index (Phi) is 5.64. The van der Waals surface area contributed by atoms with Crippen molar-refractivity contribution in [1.29, 1.82) is 0 Å². The number of fused-ring (bicyclic) bond motifs is 2. The van der Waals surface area contributed by atoms with Crippen LogP contribution in [0.3, 0.4) is 0 Å². The van der Waals surface area contributed by atoms with Gasteiger partial charge in [0.2, 0.25) is 11.8 Å². The SMILES string of the molecule is COc1ccc(Cl)cc1NC(=O)[C@@H]1C[C@H]([C@H](C)O)N[C@]12C(=O)Nc1c(Cl)cc(C)cc12. The Morgan fingerprint density at radius 1 is 1.32 bits per heavy atom. The average molecular weight is 464 g/mol. The Labute approximate surface area is 190 Å². The highest BCUT2D eigenvalue weighted by molar-refractivity contribution is 6.35. The fourth-order valence-electron chi connectivity index (χ4n) is 4.51. The van der Waals surface area contributed by atoms with Gasteiger partial charge in [0.1, 0.15) is 11.3 Å². The lowest BCUT2D eigenvalue weighted by Crippen LogP contribution is -2.53. The van der Waals surface area contributed by atoms with Gasteiger partial charge in [0, 0.05) is 16.6 Å². The molecule has 9 heteroatoms. The van der Waals surface area contributed by atoms with Crippen LogP contribution in [-0.4, -0.2) is 36.2 Å². The monoisotopic (exact) mass is 463 g/mol. The Morgan fingerprint density at radius 2 is 2.06 bits per heavy atom. The molecule has 2 aromatic carbocycles. The van der Waals surface area contributed by atoms with Crippen molar-refractivity contribution >= 4 is 46.4 Å². The van der Waals surface area contributed by atoms with Gasteiger partial charge in [-0.25, -0.2) is 0 Å². The van der Waals surface area contributed by atoms with Crippen LogP contribution in [-0.2, 0) is 15.1 Å². The minimum Gasteiger partial charge on any atom is -0.495 e. The predicted molar refractivity (Wildman–Crippen MR) is 120 cm³/mol. The van der Waals surface area contributed by atoms with E-state index in [1.807, 2.05) is 13.0 Å². The van der Waals surface area contributed by atoms with E-state index < -0.39 is 29.5 Å². The zero-order valence-electron chi connectivity index (χ0n) is 17.3. The number of rotatable bonds is 4. The molecule has 0 unspecified atom stereocenters. The highest BCUT2D eigenvalue weighted by Gasteiger charge is 2.61. The second kappa shape index (κ2) is 7.98. The van der Waals surface area contributed by atoms with Crippen LogP contribution in [0.5, 0.6) is 5.75 Å². The molecule has 0 bridgehead atoms. The summed E-state index contributed by atoms with van der Waals surface area (Å²) in [6, 6.07) is 8.03.